The summed E-state index contributed by atoms with van der Waals surface area (Å²) in [5.74, 6) is -1.67. The van der Waals surface area contributed by atoms with E-state index in [0.29, 0.717) is 37.3 Å². The number of unbranched alkanes of at least 4 members (excludes halogenated alkanes) is 11. The van der Waals surface area contributed by atoms with Gasteiger partial charge in [-0.3, -0.25) is 14.4 Å². The number of amides is 1. The number of carbonyl (C=O) groups is 3. The second kappa shape index (κ2) is 20.8. The van der Waals surface area contributed by atoms with Gasteiger partial charge in [0, 0.05) is 23.6 Å². The Morgan fingerprint density at radius 1 is 0.750 bits per heavy atom. The number of carboxylic acids is 1. The Balaban J connectivity index is 1.57. The predicted molar refractivity (Wildman–Crippen MR) is 160 cm³/mol. The molecule has 0 aliphatic carbocycles. The van der Waals surface area contributed by atoms with Crippen LogP contribution in [-0.4, -0.2) is 35.9 Å². The van der Waals surface area contributed by atoms with Gasteiger partial charge < -0.3 is 15.2 Å². The maximum absolute atomic E-state index is 12.6. The molecule has 0 heterocycles. The molecule has 1 unspecified atom stereocenters. The summed E-state index contributed by atoms with van der Waals surface area (Å²) in [5, 5.41) is 12.1. The van der Waals surface area contributed by atoms with Crippen molar-refractivity contribution in [3.8, 4) is 0 Å². The third kappa shape index (κ3) is 14.4. The Morgan fingerprint density at radius 2 is 1.30 bits per heavy atom. The molecule has 0 aliphatic heterocycles. The second-order valence-electron chi connectivity index (χ2n) is 10.7. The van der Waals surface area contributed by atoms with Gasteiger partial charge in [0.25, 0.3) is 0 Å². The van der Waals surface area contributed by atoms with Crippen molar-refractivity contribution in [1.82, 2.24) is 5.32 Å². The van der Waals surface area contributed by atoms with E-state index in [-0.39, 0.29) is 18.1 Å². The monoisotopic (exact) mass is 551 g/mol. The highest BCUT2D eigenvalue weighted by atomic mass is 16.5. The maximum atomic E-state index is 12.6. The van der Waals surface area contributed by atoms with E-state index in [1.807, 2.05) is 30.3 Å². The Labute approximate surface area is 240 Å². The van der Waals surface area contributed by atoms with Gasteiger partial charge in [-0.05, 0) is 12.0 Å². The van der Waals surface area contributed by atoms with Crippen LogP contribution in [0.1, 0.15) is 118 Å². The molecular formula is C34H49NO5. The molecule has 40 heavy (non-hydrogen) atoms. The minimum absolute atomic E-state index is 0.0183. The summed E-state index contributed by atoms with van der Waals surface area (Å²) in [6.45, 7) is 3.27. The number of rotatable bonds is 23. The van der Waals surface area contributed by atoms with E-state index >= 15 is 0 Å². The van der Waals surface area contributed by atoms with E-state index in [4.69, 9.17) is 4.74 Å². The van der Waals surface area contributed by atoms with Crippen LogP contribution in [0.25, 0.3) is 0 Å². The topological polar surface area (TPSA) is 92.7 Å². The summed E-state index contributed by atoms with van der Waals surface area (Å²) in [6.07, 6.45) is 15.4. The number of ether oxygens (including phenoxy) is 1. The number of benzene rings is 2. The molecule has 2 aromatic carbocycles. The molecule has 0 spiro atoms. The van der Waals surface area contributed by atoms with Crippen LogP contribution in [-0.2, 0) is 20.9 Å². The number of ketones is 1. The smallest absolute Gasteiger partial charge is 0.304 e. The summed E-state index contributed by atoms with van der Waals surface area (Å²) >= 11 is 0. The van der Waals surface area contributed by atoms with Crippen LogP contribution in [0.3, 0.4) is 0 Å². The number of carbonyl (C=O) groups excluding carboxylic acids is 2. The molecule has 0 aromatic heterocycles. The van der Waals surface area contributed by atoms with Gasteiger partial charge in [0.05, 0.1) is 19.6 Å². The molecule has 1 atom stereocenters. The Kier molecular flexibility index (Phi) is 17.3. The molecule has 2 N–H and O–H groups in total. The van der Waals surface area contributed by atoms with Gasteiger partial charge >= 0.3 is 5.97 Å². The van der Waals surface area contributed by atoms with Gasteiger partial charge in [-0.2, -0.15) is 0 Å². The molecule has 220 valence electrons. The van der Waals surface area contributed by atoms with Crippen LogP contribution < -0.4 is 5.32 Å². The van der Waals surface area contributed by atoms with E-state index in [9.17, 15) is 19.5 Å². The fraction of sp³-hybridized carbons (Fsp3) is 0.559. The van der Waals surface area contributed by atoms with E-state index in [2.05, 4.69) is 12.2 Å². The van der Waals surface area contributed by atoms with Crippen molar-refractivity contribution in [2.45, 2.75) is 103 Å². The number of hydrogen-bond donors (Lipinski definition) is 2. The van der Waals surface area contributed by atoms with Gasteiger partial charge in [-0.15, -0.1) is 0 Å². The van der Waals surface area contributed by atoms with E-state index in [0.717, 1.165) is 24.8 Å². The highest BCUT2D eigenvalue weighted by molar-refractivity contribution is 6.08. The SMILES string of the molecule is CCCCCCCCCCCCCCC(CC(=O)O)C(=O)NCCOCc1ccc(C(=O)c2ccccc2)cc1. The van der Waals surface area contributed by atoms with Crippen molar-refractivity contribution >= 4 is 17.7 Å². The minimum Gasteiger partial charge on any atom is -0.481 e. The molecule has 0 aliphatic rings. The lowest BCUT2D eigenvalue weighted by atomic mass is 9.96. The molecule has 0 saturated carbocycles. The van der Waals surface area contributed by atoms with E-state index < -0.39 is 11.9 Å². The Bertz CT molecular complexity index is 974. The average molecular weight is 552 g/mol. The molecule has 0 bridgehead atoms. The number of aliphatic carboxylic acids is 1. The van der Waals surface area contributed by atoms with E-state index in [1.54, 1.807) is 24.3 Å². The highest BCUT2D eigenvalue weighted by Gasteiger charge is 2.21. The quantitative estimate of drug-likeness (QED) is 0.109. The Hall–Kier alpha value is -2.99. The van der Waals surface area contributed by atoms with Crippen molar-refractivity contribution in [1.29, 1.82) is 0 Å². The molecule has 2 aromatic rings. The zero-order chi connectivity index (χ0) is 28.8. The first-order valence-electron chi connectivity index (χ1n) is 15.3. The lowest BCUT2D eigenvalue weighted by molar-refractivity contribution is -0.141. The molecule has 1 amide bonds. The summed E-state index contributed by atoms with van der Waals surface area (Å²) in [6, 6.07) is 16.5. The average Bonchev–Trinajstić information content (AvgIpc) is 2.97. The van der Waals surface area contributed by atoms with Crippen molar-refractivity contribution in [3.05, 3.63) is 71.3 Å². The van der Waals surface area contributed by atoms with Gasteiger partial charge in [0.2, 0.25) is 5.91 Å². The van der Waals surface area contributed by atoms with Gasteiger partial charge in [0.1, 0.15) is 0 Å². The first-order chi connectivity index (χ1) is 19.5. The molecule has 0 fully saturated rings. The lowest BCUT2D eigenvalue weighted by Gasteiger charge is -2.15. The summed E-state index contributed by atoms with van der Waals surface area (Å²) in [7, 11) is 0. The first kappa shape index (κ1) is 33.2. The molecule has 2 rings (SSSR count). The van der Waals surface area contributed by atoms with Crippen LogP contribution >= 0.6 is 0 Å². The first-order valence-corrected chi connectivity index (χ1v) is 15.3. The molecule has 0 saturated heterocycles. The molecule has 6 heteroatoms. The van der Waals surface area contributed by atoms with Crippen molar-refractivity contribution in [2.24, 2.45) is 5.92 Å². The van der Waals surface area contributed by atoms with Gasteiger partial charge in [-0.25, -0.2) is 0 Å². The summed E-state index contributed by atoms with van der Waals surface area (Å²) in [5.41, 5.74) is 2.22. The normalized spacial score (nSPS) is 11.7. The lowest BCUT2D eigenvalue weighted by Crippen LogP contribution is -2.34. The molecular weight excluding hydrogens is 502 g/mol. The van der Waals surface area contributed by atoms with E-state index in [1.165, 1.54) is 57.8 Å². The standard InChI is InChI=1S/C34H49NO5/c1-2-3-4-5-6-7-8-9-10-11-12-14-19-31(26-32(36)37)34(39)35-24-25-40-27-28-20-22-30(23-21-28)33(38)29-17-15-13-16-18-29/h13,15-18,20-23,31H,2-12,14,19,24-27H2,1H3,(H,35,39)(H,36,37). The van der Waals surface area contributed by atoms with Crippen LogP contribution in [0.15, 0.2) is 54.6 Å². The summed E-state index contributed by atoms with van der Waals surface area (Å²) in [4.78, 5) is 36.4. The fourth-order valence-electron chi connectivity index (χ4n) is 4.86. The van der Waals surface area contributed by atoms with Crippen LogP contribution in [0.4, 0.5) is 0 Å². The number of nitrogens with one attached hydrogen (secondary N) is 1. The highest BCUT2D eigenvalue weighted by Crippen LogP contribution is 2.17. The fourth-order valence-corrected chi connectivity index (χ4v) is 4.86. The van der Waals surface area contributed by atoms with Crippen LogP contribution in [0.5, 0.6) is 0 Å². The molecule has 6 nitrogen and oxygen atoms in total. The number of carboxylic acid groups (broad SMARTS) is 1. The third-order valence-electron chi connectivity index (χ3n) is 7.26. The minimum atomic E-state index is -0.940. The zero-order valence-corrected chi connectivity index (χ0v) is 24.4. The third-order valence-corrected chi connectivity index (χ3v) is 7.26. The number of hydrogen-bond acceptors (Lipinski definition) is 4. The van der Waals surface area contributed by atoms with Gasteiger partial charge in [-0.1, -0.05) is 139 Å². The van der Waals surface area contributed by atoms with Gasteiger partial charge in [0.15, 0.2) is 5.78 Å². The Morgan fingerprint density at radius 3 is 1.88 bits per heavy atom. The van der Waals surface area contributed by atoms with Crippen molar-refractivity contribution < 1.29 is 24.2 Å². The van der Waals surface area contributed by atoms with Crippen molar-refractivity contribution in [2.75, 3.05) is 13.2 Å². The largest absolute Gasteiger partial charge is 0.481 e. The second-order valence-corrected chi connectivity index (χ2v) is 10.7. The maximum Gasteiger partial charge on any atom is 0.304 e. The van der Waals surface area contributed by atoms with Crippen molar-refractivity contribution in [3.63, 3.8) is 0 Å². The zero-order valence-electron chi connectivity index (χ0n) is 24.4. The van der Waals surface area contributed by atoms with Crippen LogP contribution in [0.2, 0.25) is 0 Å². The molecule has 0 radical (unpaired) electrons. The predicted octanol–water partition coefficient (Wildman–Crippen LogP) is 7.73. The van der Waals surface area contributed by atoms with Crippen LogP contribution in [0, 0.1) is 5.92 Å². The summed E-state index contributed by atoms with van der Waals surface area (Å²) < 4.78 is 5.68.